The molecule has 0 radical (unpaired) electrons. The van der Waals surface area contributed by atoms with Gasteiger partial charge in [0, 0.05) is 28.8 Å². The van der Waals surface area contributed by atoms with E-state index in [2.05, 4.69) is 45.6 Å². The van der Waals surface area contributed by atoms with Gasteiger partial charge in [-0.15, -0.1) is 0 Å². The van der Waals surface area contributed by atoms with Crippen molar-refractivity contribution in [2.45, 2.75) is 38.8 Å². The Morgan fingerprint density at radius 3 is 2.65 bits per heavy atom. The van der Waals surface area contributed by atoms with Crippen LogP contribution in [0.5, 0.6) is 0 Å². The number of aromatic amines is 1. The van der Waals surface area contributed by atoms with Crippen LogP contribution in [-0.2, 0) is 6.54 Å². The van der Waals surface area contributed by atoms with Crippen molar-refractivity contribution in [3.63, 3.8) is 0 Å². The zero-order valence-electron chi connectivity index (χ0n) is 13.2. The molecule has 0 bridgehead atoms. The molecule has 1 aromatic carbocycles. The zero-order chi connectivity index (χ0) is 16.9. The molecule has 0 aliphatic rings. The van der Waals surface area contributed by atoms with E-state index in [1.165, 1.54) is 16.8 Å². The average Bonchev–Trinajstić information content (AvgIpc) is 2.49. The maximum absolute atomic E-state index is 11.6. The van der Waals surface area contributed by atoms with Crippen LogP contribution in [0.1, 0.15) is 26.7 Å². The highest BCUT2D eigenvalue weighted by atomic mass is 79.9. The summed E-state index contributed by atoms with van der Waals surface area (Å²) in [5.74, 6) is 0. The highest BCUT2D eigenvalue weighted by Gasteiger charge is 2.17. The van der Waals surface area contributed by atoms with E-state index in [9.17, 15) is 9.59 Å². The van der Waals surface area contributed by atoms with Gasteiger partial charge in [-0.05, 0) is 54.8 Å². The average molecular weight is 381 g/mol. The fraction of sp³-hybridized carbons (Fsp3) is 0.375. The molecule has 3 N–H and O–H groups in total. The number of hydrazine groups is 1. The van der Waals surface area contributed by atoms with Crippen molar-refractivity contribution >= 4 is 21.6 Å². The number of H-pyrrole nitrogens is 1. The Balaban J connectivity index is 1.85. The largest absolute Gasteiger partial charge is 0.328 e. The molecular weight excluding hydrogens is 360 g/mol. The van der Waals surface area contributed by atoms with Gasteiger partial charge in [-0.2, -0.15) is 0 Å². The smallest absolute Gasteiger partial charge is 0.320 e. The molecule has 6 nitrogen and oxygen atoms in total. The van der Waals surface area contributed by atoms with E-state index in [4.69, 9.17) is 0 Å². The van der Waals surface area contributed by atoms with Crippen LogP contribution < -0.4 is 22.1 Å². The van der Waals surface area contributed by atoms with Crippen LogP contribution in [0.15, 0.2) is 50.6 Å². The Kier molecular flexibility index (Phi) is 5.79. The summed E-state index contributed by atoms with van der Waals surface area (Å²) in [6.45, 7) is 4.74. The molecule has 0 unspecified atom stereocenters. The number of para-hydroxylation sites is 1. The van der Waals surface area contributed by atoms with E-state index in [0.29, 0.717) is 6.54 Å². The van der Waals surface area contributed by atoms with Gasteiger partial charge < -0.3 is 9.99 Å². The SMILES string of the molecule is CC(C)(CCCn1ccc(=O)[nH]c1=O)NNc1ccccc1Br. The summed E-state index contributed by atoms with van der Waals surface area (Å²) in [5, 5.41) is 0. The Morgan fingerprint density at radius 1 is 1.22 bits per heavy atom. The molecule has 0 amide bonds. The van der Waals surface area contributed by atoms with Gasteiger partial charge in [-0.1, -0.05) is 12.1 Å². The lowest BCUT2D eigenvalue weighted by Gasteiger charge is -2.27. The lowest BCUT2D eigenvalue weighted by Crippen LogP contribution is -2.43. The predicted molar refractivity (Wildman–Crippen MR) is 95.5 cm³/mol. The molecule has 2 aromatic rings. The fourth-order valence-electron chi connectivity index (χ4n) is 2.17. The number of halogens is 1. The second-order valence-electron chi connectivity index (χ2n) is 6.02. The Bertz CT molecular complexity index is 767. The lowest BCUT2D eigenvalue weighted by molar-refractivity contribution is 0.366. The van der Waals surface area contributed by atoms with Gasteiger partial charge in [0.15, 0.2) is 0 Å². The summed E-state index contributed by atoms with van der Waals surface area (Å²) in [6, 6.07) is 9.23. The number of nitrogens with zero attached hydrogens (tertiary/aromatic N) is 1. The molecule has 0 aliphatic carbocycles. The van der Waals surface area contributed by atoms with Crippen LogP contribution in [0.2, 0.25) is 0 Å². The Hall–Kier alpha value is -1.86. The van der Waals surface area contributed by atoms with E-state index in [1.54, 1.807) is 0 Å². The Morgan fingerprint density at radius 2 is 1.96 bits per heavy atom. The molecule has 0 saturated heterocycles. The molecule has 0 atom stereocenters. The number of aromatic nitrogens is 2. The van der Waals surface area contributed by atoms with Crippen LogP contribution in [0.4, 0.5) is 5.69 Å². The predicted octanol–water partition coefficient (Wildman–Crippen LogP) is 2.47. The number of benzene rings is 1. The quantitative estimate of drug-likeness (QED) is 0.644. The summed E-state index contributed by atoms with van der Waals surface area (Å²) >= 11 is 3.49. The minimum Gasteiger partial charge on any atom is -0.320 e. The van der Waals surface area contributed by atoms with Crippen molar-refractivity contribution < 1.29 is 0 Å². The first-order valence-corrected chi connectivity index (χ1v) is 8.24. The zero-order valence-corrected chi connectivity index (χ0v) is 14.8. The third-order valence-electron chi connectivity index (χ3n) is 3.51. The van der Waals surface area contributed by atoms with Crippen molar-refractivity contribution in [2.75, 3.05) is 5.43 Å². The van der Waals surface area contributed by atoms with Gasteiger partial charge in [0.25, 0.3) is 5.56 Å². The number of anilines is 1. The first kappa shape index (κ1) is 17.5. The molecule has 1 heterocycles. The van der Waals surface area contributed by atoms with Gasteiger partial charge in [0.1, 0.15) is 0 Å². The maximum atomic E-state index is 11.6. The highest BCUT2D eigenvalue weighted by molar-refractivity contribution is 9.10. The maximum Gasteiger partial charge on any atom is 0.328 e. The molecule has 0 saturated carbocycles. The molecule has 7 heteroatoms. The van der Waals surface area contributed by atoms with Gasteiger partial charge >= 0.3 is 5.69 Å². The molecule has 23 heavy (non-hydrogen) atoms. The molecular formula is C16H21BrN4O2. The highest BCUT2D eigenvalue weighted by Crippen LogP contribution is 2.21. The number of aryl methyl sites for hydroxylation is 1. The summed E-state index contributed by atoms with van der Waals surface area (Å²) in [5.41, 5.74) is 6.59. The third kappa shape index (κ3) is 5.37. The normalized spacial score (nSPS) is 11.4. The molecule has 0 spiro atoms. The molecule has 0 aliphatic heterocycles. The van der Waals surface area contributed by atoms with Crippen molar-refractivity contribution in [2.24, 2.45) is 0 Å². The van der Waals surface area contributed by atoms with Crippen LogP contribution >= 0.6 is 15.9 Å². The fourth-order valence-corrected chi connectivity index (χ4v) is 2.56. The van der Waals surface area contributed by atoms with E-state index < -0.39 is 0 Å². The minimum atomic E-state index is -0.370. The topological polar surface area (TPSA) is 78.9 Å². The Labute approximate surface area is 143 Å². The third-order valence-corrected chi connectivity index (χ3v) is 4.20. The van der Waals surface area contributed by atoms with Crippen molar-refractivity contribution in [1.82, 2.24) is 15.0 Å². The first-order valence-electron chi connectivity index (χ1n) is 7.45. The second-order valence-corrected chi connectivity index (χ2v) is 6.88. The van der Waals surface area contributed by atoms with Crippen molar-refractivity contribution in [3.8, 4) is 0 Å². The summed E-state index contributed by atoms with van der Waals surface area (Å²) < 4.78 is 2.50. The number of nitrogens with one attached hydrogen (secondary N) is 3. The van der Waals surface area contributed by atoms with Crippen LogP contribution in [0, 0.1) is 0 Å². The lowest BCUT2D eigenvalue weighted by atomic mass is 9.99. The number of hydrogen-bond acceptors (Lipinski definition) is 4. The van der Waals surface area contributed by atoms with Gasteiger partial charge in [0.05, 0.1) is 5.69 Å². The first-order chi connectivity index (χ1) is 10.9. The summed E-state index contributed by atoms with van der Waals surface area (Å²) in [6.07, 6.45) is 3.19. The number of rotatable bonds is 7. The molecule has 124 valence electrons. The summed E-state index contributed by atoms with van der Waals surface area (Å²) in [7, 11) is 0. The van der Waals surface area contributed by atoms with E-state index in [1.807, 2.05) is 24.3 Å². The van der Waals surface area contributed by atoms with E-state index in [0.717, 1.165) is 23.0 Å². The van der Waals surface area contributed by atoms with Crippen molar-refractivity contribution in [1.29, 1.82) is 0 Å². The number of hydrogen-bond donors (Lipinski definition) is 3. The van der Waals surface area contributed by atoms with Crippen LogP contribution in [0.25, 0.3) is 0 Å². The van der Waals surface area contributed by atoms with Crippen molar-refractivity contribution in [3.05, 3.63) is 61.8 Å². The monoisotopic (exact) mass is 380 g/mol. The van der Waals surface area contributed by atoms with E-state index in [-0.39, 0.29) is 16.8 Å². The molecule has 0 fully saturated rings. The van der Waals surface area contributed by atoms with Gasteiger partial charge in [-0.3, -0.25) is 9.78 Å². The second kappa shape index (κ2) is 7.61. The summed E-state index contributed by atoms with van der Waals surface area (Å²) in [4.78, 5) is 24.9. The van der Waals surface area contributed by atoms with Crippen LogP contribution in [0.3, 0.4) is 0 Å². The van der Waals surface area contributed by atoms with Gasteiger partial charge in [0.2, 0.25) is 0 Å². The van der Waals surface area contributed by atoms with E-state index >= 15 is 0 Å². The minimum absolute atomic E-state index is 0.152. The van der Waals surface area contributed by atoms with Crippen LogP contribution in [-0.4, -0.2) is 15.1 Å². The standard InChI is InChI=1S/C16H21BrN4O2/c1-16(2,20-19-13-7-4-3-6-12(13)17)9-5-10-21-11-8-14(22)18-15(21)23/h3-4,6-8,11,19-20H,5,9-10H2,1-2H3,(H,18,22,23). The molecule has 1 aromatic heterocycles. The van der Waals surface area contributed by atoms with Gasteiger partial charge in [-0.25, -0.2) is 10.2 Å². The molecule has 2 rings (SSSR count).